The van der Waals surface area contributed by atoms with Crippen molar-refractivity contribution in [2.24, 2.45) is 5.92 Å². The lowest BCUT2D eigenvalue weighted by molar-refractivity contribution is -0.120. The van der Waals surface area contributed by atoms with Crippen LogP contribution in [0.5, 0.6) is 0 Å². The minimum atomic E-state index is -3.53. The summed E-state index contributed by atoms with van der Waals surface area (Å²) in [4.78, 5) is 12.8. The van der Waals surface area contributed by atoms with Gasteiger partial charge in [0.1, 0.15) is 0 Å². The van der Waals surface area contributed by atoms with E-state index in [1.54, 1.807) is 12.1 Å². The third-order valence-corrected chi connectivity index (χ3v) is 8.73. The molecular formula is C19H29N3O5S2. The molecule has 2 fully saturated rings. The van der Waals surface area contributed by atoms with E-state index in [1.807, 2.05) is 0 Å². The third kappa shape index (κ3) is 5.56. The summed E-state index contributed by atoms with van der Waals surface area (Å²) in [5.74, 6) is -0.666. The molecule has 2 aliphatic rings. The fourth-order valence-electron chi connectivity index (χ4n) is 3.84. The average Bonchev–Trinajstić information content (AvgIpc) is 2.98. The van der Waals surface area contributed by atoms with E-state index in [4.69, 9.17) is 0 Å². The second-order valence-electron chi connectivity index (χ2n) is 7.79. The zero-order chi connectivity index (χ0) is 21.1. The van der Waals surface area contributed by atoms with Crippen molar-refractivity contribution in [3.63, 3.8) is 0 Å². The molecule has 1 aromatic rings. The largest absolute Gasteiger partial charge is 0.326 e. The lowest BCUT2D eigenvalue weighted by Gasteiger charge is -2.30. The standard InChI is InChI=1S/C19H29N3O5S2/c1-28(24,25)22-14-6-7-16(15-22)19(23)20-17-8-10-18(11-9-17)29(26,27)21-12-4-2-3-5-13-21/h8-11,16H,2-7,12-15H2,1H3,(H,20,23). The van der Waals surface area contributed by atoms with Crippen molar-refractivity contribution in [1.29, 1.82) is 0 Å². The summed E-state index contributed by atoms with van der Waals surface area (Å²) in [5, 5.41) is 2.78. The number of piperidine rings is 1. The van der Waals surface area contributed by atoms with Crippen LogP contribution in [0.2, 0.25) is 0 Å². The molecule has 0 aromatic heterocycles. The van der Waals surface area contributed by atoms with Gasteiger partial charge in [0, 0.05) is 31.9 Å². The molecule has 1 unspecified atom stereocenters. The van der Waals surface area contributed by atoms with Crippen molar-refractivity contribution >= 4 is 31.6 Å². The molecule has 0 spiro atoms. The van der Waals surface area contributed by atoms with E-state index in [9.17, 15) is 21.6 Å². The van der Waals surface area contributed by atoms with Gasteiger partial charge in [0.25, 0.3) is 0 Å². The maximum absolute atomic E-state index is 12.8. The van der Waals surface area contributed by atoms with Crippen molar-refractivity contribution in [2.45, 2.75) is 43.4 Å². The van der Waals surface area contributed by atoms with Gasteiger partial charge in [0.05, 0.1) is 17.1 Å². The van der Waals surface area contributed by atoms with Crippen LogP contribution in [0.15, 0.2) is 29.2 Å². The van der Waals surface area contributed by atoms with Gasteiger partial charge in [0.15, 0.2) is 0 Å². The second-order valence-corrected chi connectivity index (χ2v) is 11.7. The maximum atomic E-state index is 12.8. The summed E-state index contributed by atoms with van der Waals surface area (Å²) in [5.41, 5.74) is 0.501. The molecule has 10 heteroatoms. The van der Waals surface area contributed by atoms with Crippen LogP contribution in [0.4, 0.5) is 5.69 Å². The fraction of sp³-hybridized carbons (Fsp3) is 0.632. The van der Waals surface area contributed by atoms with E-state index in [2.05, 4.69) is 5.32 Å². The highest BCUT2D eigenvalue weighted by Crippen LogP contribution is 2.23. The molecule has 2 aliphatic heterocycles. The number of hydrogen-bond acceptors (Lipinski definition) is 5. The minimum absolute atomic E-state index is 0.173. The molecule has 2 saturated heterocycles. The van der Waals surface area contributed by atoms with Gasteiger partial charge < -0.3 is 5.32 Å². The summed E-state index contributed by atoms with van der Waals surface area (Å²) >= 11 is 0. The van der Waals surface area contributed by atoms with Gasteiger partial charge in [-0.25, -0.2) is 21.1 Å². The molecule has 3 rings (SSSR count). The number of anilines is 1. The molecule has 1 N–H and O–H groups in total. The molecule has 8 nitrogen and oxygen atoms in total. The van der Waals surface area contributed by atoms with Gasteiger partial charge in [-0.15, -0.1) is 0 Å². The first kappa shape index (κ1) is 22.2. The van der Waals surface area contributed by atoms with Crippen LogP contribution in [0.25, 0.3) is 0 Å². The number of nitrogens with one attached hydrogen (secondary N) is 1. The Labute approximate surface area is 173 Å². The quantitative estimate of drug-likeness (QED) is 0.748. The van der Waals surface area contributed by atoms with Crippen molar-refractivity contribution in [1.82, 2.24) is 8.61 Å². The number of nitrogens with zero attached hydrogens (tertiary/aromatic N) is 2. The Bertz CT molecular complexity index is 921. The van der Waals surface area contributed by atoms with Gasteiger partial charge in [-0.3, -0.25) is 4.79 Å². The number of carbonyl (C=O) groups excluding carboxylic acids is 1. The highest BCUT2D eigenvalue weighted by molar-refractivity contribution is 7.89. The maximum Gasteiger partial charge on any atom is 0.243 e. The molecule has 0 bridgehead atoms. The van der Waals surface area contributed by atoms with Crippen LogP contribution in [0, 0.1) is 5.92 Å². The SMILES string of the molecule is CS(=O)(=O)N1CCCC(C(=O)Nc2ccc(S(=O)(=O)N3CCCCCC3)cc2)C1. The van der Waals surface area contributed by atoms with E-state index in [-0.39, 0.29) is 17.3 Å². The Morgan fingerprint density at radius 3 is 2.07 bits per heavy atom. The second kappa shape index (κ2) is 9.11. The first-order valence-corrected chi connectivity index (χ1v) is 13.3. The predicted octanol–water partition coefficient (Wildman–Crippen LogP) is 1.86. The normalized spacial score (nSPS) is 22.7. The smallest absolute Gasteiger partial charge is 0.243 e. The zero-order valence-corrected chi connectivity index (χ0v) is 18.3. The van der Waals surface area contributed by atoms with Gasteiger partial charge in [-0.2, -0.15) is 4.31 Å². The lowest BCUT2D eigenvalue weighted by atomic mass is 9.99. The van der Waals surface area contributed by atoms with E-state index < -0.39 is 26.0 Å². The highest BCUT2D eigenvalue weighted by Gasteiger charge is 2.30. The topological polar surface area (TPSA) is 104 Å². The van der Waals surface area contributed by atoms with E-state index in [1.165, 1.54) is 20.7 Å². The van der Waals surface area contributed by atoms with Crippen LogP contribution in [-0.2, 0) is 24.8 Å². The molecule has 0 saturated carbocycles. The Morgan fingerprint density at radius 2 is 1.48 bits per heavy atom. The third-order valence-electron chi connectivity index (χ3n) is 5.55. The van der Waals surface area contributed by atoms with Gasteiger partial charge in [-0.1, -0.05) is 12.8 Å². The monoisotopic (exact) mass is 443 g/mol. The minimum Gasteiger partial charge on any atom is -0.326 e. The first-order valence-electron chi connectivity index (χ1n) is 10.0. The number of sulfonamides is 2. The van der Waals surface area contributed by atoms with E-state index in [0.29, 0.717) is 38.2 Å². The summed E-state index contributed by atoms with van der Waals surface area (Å²) in [6.07, 6.45) is 6.26. The number of hydrogen-bond donors (Lipinski definition) is 1. The van der Waals surface area contributed by atoms with Gasteiger partial charge in [0.2, 0.25) is 26.0 Å². The Balaban J connectivity index is 1.65. The average molecular weight is 444 g/mol. The molecule has 1 atom stereocenters. The molecule has 29 heavy (non-hydrogen) atoms. The van der Waals surface area contributed by atoms with E-state index >= 15 is 0 Å². The van der Waals surface area contributed by atoms with Crippen LogP contribution < -0.4 is 5.32 Å². The Morgan fingerprint density at radius 1 is 0.897 bits per heavy atom. The lowest BCUT2D eigenvalue weighted by Crippen LogP contribution is -2.43. The molecule has 0 radical (unpaired) electrons. The van der Waals surface area contributed by atoms with E-state index in [0.717, 1.165) is 31.9 Å². The molecule has 162 valence electrons. The van der Waals surface area contributed by atoms with Crippen LogP contribution in [0.3, 0.4) is 0 Å². The van der Waals surface area contributed by atoms with Crippen LogP contribution in [-0.4, -0.2) is 63.8 Å². The molecule has 1 aromatic carbocycles. The van der Waals surface area contributed by atoms with Crippen molar-refractivity contribution in [2.75, 3.05) is 37.8 Å². The molecule has 2 heterocycles. The Hall–Kier alpha value is -1.49. The number of carbonyl (C=O) groups is 1. The summed E-state index contributed by atoms with van der Waals surface area (Å²) in [7, 11) is -6.85. The first-order chi connectivity index (χ1) is 13.7. The number of benzene rings is 1. The number of amides is 1. The Kier molecular flexibility index (Phi) is 6.98. The highest BCUT2D eigenvalue weighted by atomic mass is 32.2. The van der Waals surface area contributed by atoms with Crippen molar-refractivity contribution in [3.8, 4) is 0 Å². The van der Waals surface area contributed by atoms with Crippen LogP contribution in [0.1, 0.15) is 38.5 Å². The zero-order valence-electron chi connectivity index (χ0n) is 16.7. The molecule has 1 amide bonds. The summed E-state index contributed by atoms with van der Waals surface area (Å²) < 4.78 is 52.0. The van der Waals surface area contributed by atoms with Gasteiger partial charge >= 0.3 is 0 Å². The molecular weight excluding hydrogens is 414 g/mol. The molecule has 0 aliphatic carbocycles. The van der Waals surface area contributed by atoms with Crippen molar-refractivity contribution < 1.29 is 21.6 Å². The van der Waals surface area contributed by atoms with Crippen molar-refractivity contribution in [3.05, 3.63) is 24.3 Å². The van der Waals surface area contributed by atoms with Gasteiger partial charge in [-0.05, 0) is 49.9 Å². The number of rotatable bonds is 5. The predicted molar refractivity (Wildman–Crippen MR) is 111 cm³/mol. The summed E-state index contributed by atoms with van der Waals surface area (Å²) in [6.45, 7) is 1.69. The fourth-order valence-corrected chi connectivity index (χ4v) is 6.27. The van der Waals surface area contributed by atoms with Crippen LogP contribution >= 0.6 is 0 Å². The summed E-state index contributed by atoms with van der Waals surface area (Å²) in [6, 6.07) is 6.19.